The minimum absolute atomic E-state index is 0.103. The lowest BCUT2D eigenvalue weighted by atomic mass is 10.2. The number of phosphoric ester groups is 1. The third-order valence-electron chi connectivity index (χ3n) is 6.96. The highest BCUT2D eigenvalue weighted by Crippen LogP contribution is 2.55. The molecule has 0 spiro atoms. The van der Waals surface area contributed by atoms with E-state index in [4.69, 9.17) is 42.0 Å². The number of esters is 6. The minimum atomic E-state index is -4.83. The van der Waals surface area contributed by atoms with Gasteiger partial charge >= 0.3 is 43.6 Å². The first-order valence-corrected chi connectivity index (χ1v) is 19.2. The summed E-state index contributed by atoms with van der Waals surface area (Å²) in [6.45, 7) is 28.5. The molecular formula is C39H57O16P. The van der Waals surface area contributed by atoms with Crippen LogP contribution in [0.3, 0.4) is 0 Å². The van der Waals surface area contributed by atoms with Gasteiger partial charge in [0.05, 0.1) is 58.0 Å². The molecule has 0 amide bonds. The number of hydrogen-bond acceptors (Lipinski definition) is 16. The van der Waals surface area contributed by atoms with Gasteiger partial charge in [-0.2, -0.15) is 0 Å². The SMILES string of the molecule is C=C(C)C(=O)OCCC(CCOC(=O)C(=C)C)OP(=O)(OC(CCOC(=O)C(=C)C)CCOC(=O)C(=C)C)OC(CCOC(=O)C(=C)C)CCOC(=O)C(=C)C. The van der Waals surface area contributed by atoms with Crippen LogP contribution in [-0.2, 0) is 75.3 Å². The third-order valence-corrected chi connectivity index (χ3v) is 8.63. The van der Waals surface area contributed by atoms with Gasteiger partial charge < -0.3 is 28.4 Å². The summed E-state index contributed by atoms with van der Waals surface area (Å²) in [5, 5.41) is 0. The summed E-state index contributed by atoms with van der Waals surface area (Å²) in [7, 11) is -4.83. The molecule has 314 valence electrons. The predicted molar refractivity (Wildman–Crippen MR) is 205 cm³/mol. The van der Waals surface area contributed by atoms with E-state index in [-0.39, 0.29) is 112 Å². The first-order valence-electron chi connectivity index (χ1n) is 17.7. The molecule has 0 radical (unpaired) electrons. The van der Waals surface area contributed by atoms with Crippen molar-refractivity contribution >= 4 is 43.6 Å². The topological polar surface area (TPSA) is 203 Å². The van der Waals surface area contributed by atoms with Gasteiger partial charge in [-0.05, 0) is 41.5 Å². The molecule has 0 N–H and O–H groups in total. The maximum absolute atomic E-state index is 14.9. The van der Waals surface area contributed by atoms with E-state index in [1.165, 1.54) is 41.5 Å². The molecule has 0 rings (SSSR count). The molecule has 0 aliphatic carbocycles. The van der Waals surface area contributed by atoms with Crippen molar-refractivity contribution in [2.75, 3.05) is 39.6 Å². The average Bonchev–Trinajstić information content (AvgIpc) is 3.10. The normalized spacial score (nSPS) is 11.0. The summed E-state index contributed by atoms with van der Waals surface area (Å²) in [5.74, 6) is -4.19. The molecule has 17 heteroatoms. The zero-order valence-corrected chi connectivity index (χ0v) is 34.3. The Morgan fingerprint density at radius 3 is 0.625 bits per heavy atom. The van der Waals surface area contributed by atoms with Crippen molar-refractivity contribution in [3.8, 4) is 0 Å². The van der Waals surface area contributed by atoms with Crippen molar-refractivity contribution in [2.24, 2.45) is 0 Å². The number of hydrogen-bond donors (Lipinski definition) is 0. The molecule has 56 heavy (non-hydrogen) atoms. The summed E-state index contributed by atoms with van der Waals surface area (Å²) >= 11 is 0. The molecule has 0 aromatic heterocycles. The molecule has 0 bridgehead atoms. The van der Waals surface area contributed by atoms with E-state index >= 15 is 0 Å². The molecule has 0 heterocycles. The third kappa shape index (κ3) is 23.3. The second-order valence-electron chi connectivity index (χ2n) is 12.9. The average molecular weight is 813 g/mol. The molecule has 0 saturated carbocycles. The van der Waals surface area contributed by atoms with Crippen LogP contribution in [0.5, 0.6) is 0 Å². The molecule has 0 aromatic rings. The molecular weight excluding hydrogens is 755 g/mol. The lowest BCUT2D eigenvalue weighted by molar-refractivity contribution is -0.141. The summed E-state index contributed by atoms with van der Waals surface area (Å²) in [6.07, 6.45) is -3.98. The van der Waals surface area contributed by atoms with Gasteiger partial charge in [-0.1, -0.05) is 39.5 Å². The Kier molecular flexibility index (Phi) is 24.8. The molecule has 0 saturated heterocycles. The lowest BCUT2D eigenvalue weighted by Gasteiger charge is -2.30. The first kappa shape index (κ1) is 51.4. The summed E-state index contributed by atoms with van der Waals surface area (Å²) in [6, 6.07) is 0. The van der Waals surface area contributed by atoms with Gasteiger partial charge in [-0.25, -0.2) is 33.3 Å². The smallest absolute Gasteiger partial charge is 0.462 e. The second kappa shape index (κ2) is 27.0. The van der Waals surface area contributed by atoms with Gasteiger partial charge in [0.1, 0.15) is 0 Å². The Bertz CT molecular complexity index is 1250. The number of phosphoric acid groups is 1. The van der Waals surface area contributed by atoms with Crippen LogP contribution in [-0.4, -0.2) is 93.8 Å². The van der Waals surface area contributed by atoms with Gasteiger partial charge in [0.15, 0.2) is 0 Å². The van der Waals surface area contributed by atoms with Crippen molar-refractivity contribution in [3.63, 3.8) is 0 Å². The minimum Gasteiger partial charge on any atom is -0.462 e. The molecule has 0 aliphatic rings. The van der Waals surface area contributed by atoms with Crippen LogP contribution >= 0.6 is 7.82 Å². The van der Waals surface area contributed by atoms with E-state index in [1.54, 1.807) is 0 Å². The van der Waals surface area contributed by atoms with E-state index in [9.17, 15) is 33.3 Å². The number of ether oxygens (including phenoxy) is 6. The van der Waals surface area contributed by atoms with Crippen LogP contribution in [0, 0.1) is 0 Å². The Labute approximate surface area is 329 Å². The van der Waals surface area contributed by atoms with Gasteiger partial charge in [0.2, 0.25) is 0 Å². The fraction of sp³-hybridized carbons (Fsp3) is 0.538. The lowest BCUT2D eigenvalue weighted by Crippen LogP contribution is -2.27. The van der Waals surface area contributed by atoms with Crippen LogP contribution in [0.1, 0.15) is 80.1 Å². The largest absolute Gasteiger partial charge is 0.475 e. The maximum atomic E-state index is 14.9. The monoisotopic (exact) mass is 812 g/mol. The molecule has 0 aromatic carbocycles. The van der Waals surface area contributed by atoms with Gasteiger partial charge in [0.25, 0.3) is 0 Å². The zero-order valence-electron chi connectivity index (χ0n) is 33.4. The Morgan fingerprint density at radius 2 is 0.500 bits per heavy atom. The highest BCUT2D eigenvalue weighted by Gasteiger charge is 2.38. The molecule has 0 atom stereocenters. The van der Waals surface area contributed by atoms with E-state index in [0.717, 1.165) is 0 Å². The van der Waals surface area contributed by atoms with Crippen LogP contribution in [0.15, 0.2) is 72.9 Å². The molecule has 0 aliphatic heterocycles. The second-order valence-corrected chi connectivity index (χ2v) is 14.4. The summed E-state index contributed by atoms with van der Waals surface area (Å²) < 4.78 is 64.3. The van der Waals surface area contributed by atoms with E-state index in [2.05, 4.69) is 39.5 Å². The van der Waals surface area contributed by atoms with Crippen molar-refractivity contribution < 1.29 is 75.3 Å². The Morgan fingerprint density at radius 1 is 0.357 bits per heavy atom. The number of carbonyl (C=O) groups excluding carboxylic acids is 6. The molecule has 0 fully saturated rings. The number of carbonyl (C=O) groups is 6. The van der Waals surface area contributed by atoms with Crippen LogP contribution in [0.25, 0.3) is 0 Å². The molecule has 0 unspecified atom stereocenters. The fourth-order valence-corrected chi connectivity index (χ4v) is 5.69. The van der Waals surface area contributed by atoms with E-state index in [0.29, 0.717) is 0 Å². The number of rotatable bonds is 30. The van der Waals surface area contributed by atoms with Crippen molar-refractivity contribution in [1.29, 1.82) is 0 Å². The zero-order chi connectivity index (χ0) is 43.0. The van der Waals surface area contributed by atoms with E-state index < -0.39 is 62.0 Å². The fourth-order valence-electron chi connectivity index (χ4n) is 3.81. The van der Waals surface area contributed by atoms with Crippen LogP contribution in [0.4, 0.5) is 0 Å². The maximum Gasteiger partial charge on any atom is 0.475 e. The van der Waals surface area contributed by atoms with Crippen molar-refractivity contribution in [2.45, 2.75) is 98.4 Å². The highest BCUT2D eigenvalue weighted by molar-refractivity contribution is 7.48. The van der Waals surface area contributed by atoms with E-state index in [1.807, 2.05) is 0 Å². The molecule has 16 nitrogen and oxygen atoms in total. The van der Waals surface area contributed by atoms with Gasteiger partial charge in [0, 0.05) is 72.0 Å². The highest BCUT2D eigenvalue weighted by atomic mass is 31.2. The standard InChI is InChI=1S/C39H57O16P/c1-25(2)34(40)47-19-13-31(14-20-48-35(41)26(3)4)53-56(46,54-32(15-21-49-36(42)27(5)6)16-22-50-37(43)28(7)8)55-33(17-23-51-38(44)29(9)10)18-24-52-39(45)30(11)12/h31-33H,1,3,5,7,9,11,13-24H2,2,4,6,8,10,12H3. The van der Waals surface area contributed by atoms with Crippen molar-refractivity contribution in [1.82, 2.24) is 0 Å². The quantitative estimate of drug-likeness (QED) is 0.0338. The Balaban J connectivity index is 6.86. The summed E-state index contributed by atoms with van der Waals surface area (Å²) in [4.78, 5) is 72.8. The Hall–Kier alpha value is -4.63. The van der Waals surface area contributed by atoms with Gasteiger partial charge in [-0.15, -0.1) is 0 Å². The summed E-state index contributed by atoms with van der Waals surface area (Å²) in [5.41, 5.74) is 0.752. The van der Waals surface area contributed by atoms with Crippen molar-refractivity contribution in [3.05, 3.63) is 72.9 Å². The predicted octanol–water partition coefficient (Wildman–Crippen LogP) is 6.31. The van der Waals surface area contributed by atoms with Crippen LogP contribution < -0.4 is 0 Å². The van der Waals surface area contributed by atoms with Crippen LogP contribution in [0.2, 0.25) is 0 Å². The van der Waals surface area contributed by atoms with Gasteiger partial charge in [-0.3, -0.25) is 13.6 Å². The first-order chi connectivity index (χ1) is 26.1.